The Hall–Kier alpha value is -3.63. The van der Waals surface area contributed by atoms with Crippen molar-refractivity contribution in [2.75, 3.05) is 6.54 Å². The third kappa shape index (κ3) is 3.57. The number of imidazole rings is 1. The molecule has 2 atom stereocenters. The van der Waals surface area contributed by atoms with Crippen LogP contribution in [0.4, 0.5) is 0 Å². The fraction of sp³-hybridized carbons (Fsp3) is 0.346. The monoisotopic (exact) mass is 439 g/mol. The van der Waals surface area contributed by atoms with Crippen LogP contribution in [-0.2, 0) is 24.3 Å². The number of fused-ring (bicyclic) bond motifs is 7. The van der Waals surface area contributed by atoms with Gasteiger partial charge >= 0.3 is 0 Å². The molecule has 1 aromatic heterocycles. The first-order chi connectivity index (χ1) is 16.2. The molecule has 1 saturated heterocycles. The Morgan fingerprint density at radius 2 is 2.12 bits per heavy atom. The molecule has 1 aliphatic carbocycles. The third-order valence-electron chi connectivity index (χ3n) is 7.09. The summed E-state index contributed by atoms with van der Waals surface area (Å²) in [7, 11) is 0. The van der Waals surface area contributed by atoms with E-state index < -0.39 is 0 Å². The lowest BCUT2D eigenvalue weighted by atomic mass is 9.86. The molecule has 6 rings (SSSR count). The second-order valence-corrected chi connectivity index (χ2v) is 9.08. The van der Waals surface area contributed by atoms with Crippen molar-refractivity contribution < 1.29 is 9.53 Å². The van der Waals surface area contributed by atoms with Crippen molar-refractivity contribution in [3.63, 3.8) is 0 Å². The highest BCUT2D eigenvalue weighted by molar-refractivity contribution is 5.84. The van der Waals surface area contributed by atoms with E-state index in [4.69, 9.17) is 4.74 Å². The van der Waals surface area contributed by atoms with Gasteiger partial charge in [-0.25, -0.2) is 4.98 Å². The van der Waals surface area contributed by atoms with Crippen molar-refractivity contribution in [3.05, 3.63) is 76.9 Å². The zero-order valence-corrected chi connectivity index (χ0v) is 18.3. The second kappa shape index (κ2) is 8.05. The minimum Gasteiger partial charge on any atom is -0.456 e. The number of carbonyl (C=O) groups excluding carboxylic acids is 1. The van der Waals surface area contributed by atoms with E-state index in [-0.39, 0.29) is 18.0 Å². The fourth-order valence-electron chi connectivity index (χ4n) is 5.37. The van der Waals surface area contributed by atoms with Gasteiger partial charge in [-0.2, -0.15) is 5.26 Å². The van der Waals surface area contributed by atoms with Gasteiger partial charge in [-0.1, -0.05) is 12.1 Å². The number of nitrogens with one attached hydrogen (secondary N) is 1. The third-order valence-corrected chi connectivity index (χ3v) is 7.09. The fourth-order valence-corrected chi connectivity index (χ4v) is 5.37. The first-order valence-electron chi connectivity index (χ1n) is 11.6. The van der Waals surface area contributed by atoms with Crippen LogP contribution >= 0.6 is 0 Å². The number of aryl methyl sites for hydroxylation is 1. The van der Waals surface area contributed by atoms with E-state index in [1.807, 2.05) is 35.4 Å². The van der Waals surface area contributed by atoms with E-state index in [1.165, 1.54) is 11.1 Å². The summed E-state index contributed by atoms with van der Waals surface area (Å²) in [4.78, 5) is 19.7. The normalized spacial score (nSPS) is 21.8. The minimum absolute atomic E-state index is 0.0665. The molecule has 2 aromatic carbocycles. The van der Waals surface area contributed by atoms with Crippen molar-refractivity contribution in [1.29, 1.82) is 5.26 Å². The zero-order valence-electron chi connectivity index (χ0n) is 18.3. The van der Waals surface area contributed by atoms with Crippen LogP contribution in [-0.4, -0.2) is 32.9 Å². The van der Waals surface area contributed by atoms with Crippen LogP contribution < -0.4 is 10.1 Å². The van der Waals surface area contributed by atoms with Gasteiger partial charge in [0, 0.05) is 25.8 Å². The highest BCUT2D eigenvalue weighted by atomic mass is 16.5. The molecule has 3 heterocycles. The van der Waals surface area contributed by atoms with Crippen LogP contribution in [0.15, 0.2) is 48.9 Å². The maximum absolute atomic E-state index is 13.3. The summed E-state index contributed by atoms with van der Waals surface area (Å²) in [5.41, 5.74) is 4.99. The minimum atomic E-state index is -0.174. The van der Waals surface area contributed by atoms with E-state index in [1.54, 1.807) is 6.33 Å². The largest absolute Gasteiger partial charge is 0.456 e. The number of ether oxygens (including phenoxy) is 1. The molecule has 1 fully saturated rings. The first-order valence-corrected chi connectivity index (χ1v) is 11.6. The summed E-state index contributed by atoms with van der Waals surface area (Å²) in [6.45, 7) is 1.94. The van der Waals surface area contributed by atoms with Crippen molar-refractivity contribution >= 4 is 5.91 Å². The van der Waals surface area contributed by atoms with Crippen LogP contribution in [0, 0.1) is 11.3 Å². The van der Waals surface area contributed by atoms with Gasteiger partial charge in [0.1, 0.15) is 17.6 Å². The predicted molar refractivity (Wildman–Crippen MR) is 122 cm³/mol. The SMILES string of the molecule is N#Cc1ccc2cc1Oc1ccc3c(c1)C(CCC3)N1CC[C@@H](NCc3cncn3C2)C1=O. The van der Waals surface area contributed by atoms with Gasteiger partial charge in [-0.15, -0.1) is 0 Å². The molecule has 7 nitrogen and oxygen atoms in total. The highest BCUT2D eigenvalue weighted by Gasteiger charge is 2.38. The summed E-state index contributed by atoms with van der Waals surface area (Å²) < 4.78 is 8.33. The van der Waals surface area contributed by atoms with Crippen LogP contribution in [0.1, 0.15) is 53.3 Å². The quantitative estimate of drug-likeness (QED) is 0.578. The van der Waals surface area contributed by atoms with Gasteiger partial charge < -0.3 is 19.5 Å². The smallest absolute Gasteiger partial charge is 0.240 e. The van der Waals surface area contributed by atoms with Gasteiger partial charge in [0.2, 0.25) is 5.91 Å². The van der Waals surface area contributed by atoms with E-state index in [9.17, 15) is 10.1 Å². The maximum atomic E-state index is 13.3. The summed E-state index contributed by atoms with van der Waals surface area (Å²) >= 11 is 0. The molecule has 0 saturated carbocycles. The predicted octanol–water partition coefficient (Wildman–Crippen LogP) is 3.68. The van der Waals surface area contributed by atoms with Crippen LogP contribution in [0.25, 0.3) is 0 Å². The molecule has 6 bridgehead atoms. The molecule has 3 aliphatic rings. The van der Waals surface area contributed by atoms with Crippen molar-refractivity contribution in [1.82, 2.24) is 19.8 Å². The number of carbonyl (C=O) groups is 1. The Morgan fingerprint density at radius 3 is 3.03 bits per heavy atom. The van der Waals surface area contributed by atoms with Gasteiger partial charge in [-0.3, -0.25) is 4.79 Å². The Kier molecular flexibility index (Phi) is 4.88. The molecule has 1 unspecified atom stereocenters. The highest BCUT2D eigenvalue weighted by Crippen LogP contribution is 2.39. The molecule has 3 aromatic rings. The van der Waals surface area contributed by atoms with Gasteiger partial charge in [0.25, 0.3) is 0 Å². The van der Waals surface area contributed by atoms with Crippen molar-refractivity contribution in [2.45, 2.75) is 50.9 Å². The summed E-state index contributed by atoms with van der Waals surface area (Å²) in [5.74, 6) is 1.42. The van der Waals surface area contributed by atoms with Gasteiger partial charge in [0.15, 0.2) is 0 Å². The van der Waals surface area contributed by atoms with E-state index in [0.717, 1.165) is 43.5 Å². The number of nitriles is 1. The average molecular weight is 440 g/mol. The first kappa shape index (κ1) is 20.0. The lowest BCUT2D eigenvalue weighted by molar-refractivity contribution is -0.131. The lowest BCUT2D eigenvalue weighted by Crippen LogP contribution is -2.40. The van der Waals surface area contributed by atoms with Crippen molar-refractivity contribution in [3.8, 4) is 17.6 Å². The van der Waals surface area contributed by atoms with E-state index in [0.29, 0.717) is 30.2 Å². The summed E-state index contributed by atoms with van der Waals surface area (Å²) in [6, 6.07) is 14.0. The van der Waals surface area contributed by atoms with Crippen LogP contribution in [0.3, 0.4) is 0 Å². The number of benzene rings is 2. The Labute approximate surface area is 192 Å². The maximum Gasteiger partial charge on any atom is 0.240 e. The molecule has 2 aliphatic heterocycles. The number of rotatable bonds is 0. The molecular formula is C26H25N5O2. The molecule has 1 amide bonds. The molecule has 0 spiro atoms. The van der Waals surface area contributed by atoms with E-state index >= 15 is 0 Å². The Balaban J connectivity index is 1.46. The zero-order chi connectivity index (χ0) is 22.4. The van der Waals surface area contributed by atoms with Crippen molar-refractivity contribution in [2.24, 2.45) is 0 Å². The van der Waals surface area contributed by atoms with E-state index in [2.05, 4.69) is 33.1 Å². The molecule has 1 N–H and O–H groups in total. The molecule has 0 radical (unpaired) electrons. The lowest BCUT2D eigenvalue weighted by Gasteiger charge is -2.33. The van der Waals surface area contributed by atoms with Crippen LogP contribution in [0.5, 0.6) is 11.5 Å². The standard InChI is InChI=1S/C26H25N5O2/c27-12-19-5-4-17-10-25(19)33-21-7-6-18-2-1-3-24(22(18)11-21)31-9-8-23(26(31)32)29-14-20-13-28-16-30(20)15-17/h4-7,10-11,13,16,23-24,29H,1-3,8-9,14-15H2/t23-,24?/m1/s1. The van der Waals surface area contributed by atoms with Crippen LogP contribution in [0.2, 0.25) is 0 Å². The molecule has 33 heavy (non-hydrogen) atoms. The number of aromatic nitrogens is 2. The Morgan fingerprint density at radius 1 is 1.18 bits per heavy atom. The van der Waals surface area contributed by atoms with Gasteiger partial charge in [-0.05, 0) is 66.6 Å². The topological polar surface area (TPSA) is 83.2 Å². The molecule has 166 valence electrons. The average Bonchev–Trinajstić information content (AvgIpc) is 3.43. The second-order valence-electron chi connectivity index (χ2n) is 9.08. The summed E-state index contributed by atoms with van der Waals surface area (Å²) in [6.07, 6.45) is 7.49. The summed E-state index contributed by atoms with van der Waals surface area (Å²) in [5, 5.41) is 13.1. The van der Waals surface area contributed by atoms with Gasteiger partial charge in [0.05, 0.1) is 29.7 Å². The number of amides is 1. The number of hydrogen-bond acceptors (Lipinski definition) is 5. The number of nitrogens with zero attached hydrogens (tertiary/aromatic N) is 4. The Bertz CT molecular complexity index is 1270. The number of hydrogen-bond donors (Lipinski definition) is 1. The molecular weight excluding hydrogens is 414 g/mol. The molecule has 7 heteroatoms.